The molecule has 1 saturated carbocycles. The highest BCUT2D eigenvalue weighted by molar-refractivity contribution is 5.90. The van der Waals surface area contributed by atoms with E-state index in [2.05, 4.69) is 10.6 Å². The Morgan fingerprint density at radius 2 is 2.05 bits per heavy atom. The molecule has 0 aliphatic heterocycles. The Balaban J connectivity index is 1.95. The average Bonchev–Trinajstić information content (AvgIpc) is 3.10. The summed E-state index contributed by atoms with van der Waals surface area (Å²) < 4.78 is 0. The van der Waals surface area contributed by atoms with E-state index in [0.29, 0.717) is 17.2 Å². The number of hydrogen-bond donors (Lipinski definition) is 3. The lowest BCUT2D eigenvalue weighted by molar-refractivity contribution is -0.136. The average molecular weight is 276 g/mol. The van der Waals surface area contributed by atoms with Crippen LogP contribution in [0.3, 0.4) is 0 Å². The minimum Gasteiger partial charge on any atom is -0.481 e. The molecule has 0 saturated heterocycles. The maximum Gasteiger partial charge on any atom is 0.319 e. The number of rotatable bonds is 5. The molecule has 0 spiro atoms. The second-order valence-electron chi connectivity index (χ2n) is 5.85. The molecule has 0 unspecified atom stereocenters. The van der Waals surface area contributed by atoms with Crippen molar-refractivity contribution in [3.8, 4) is 0 Å². The normalized spacial score (nSPS) is 14.7. The number of carbonyl (C=O) groups excluding carboxylic acids is 1. The van der Waals surface area contributed by atoms with Crippen LogP contribution in [0.2, 0.25) is 0 Å². The number of carboxylic acid groups (broad SMARTS) is 1. The van der Waals surface area contributed by atoms with E-state index in [1.807, 2.05) is 13.8 Å². The van der Waals surface area contributed by atoms with Gasteiger partial charge in [0.2, 0.25) is 0 Å². The van der Waals surface area contributed by atoms with Crippen LogP contribution in [0, 0.1) is 5.92 Å². The summed E-state index contributed by atoms with van der Waals surface area (Å²) in [6, 6.07) is 6.63. The summed E-state index contributed by atoms with van der Waals surface area (Å²) >= 11 is 0. The number of aliphatic carboxylic acids is 1. The zero-order valence-electron chi connectivity index (χ0n) is 11.8. The zero-order valence-corrected chi connectivity index (χ0v) is 11.8. The first-order valence-corrected chi connectivity index (χ1v) is 6.77. The number of carboxylic acids is 1. The lowest BCUT2D eigenvalue weighted by Crippen LogP contribution is -2.47. The Bertz CT molecular complexity index is 522. The third-order valence-corrected chi connectivity index (χ3v) is 3.57. The molecule has 5 nitrogen and oxygen atoms in total. The molecule has 0 bridgehead atoms. The predicted octanol–water partition coefficient (Wildman–Crippen LogP) is 2.62. The van der Waals surface area contributed by atoms with E-state index < -0.39 is 5.97 Å². The summed E-state index contributed by atoms with van der Waals surface area (Å²) in [6.45, 7) is 4.04. The van der Waals surface area contributed by atoms with Gasteiger partial charge in [0.1, 0.15) is 0 Å². The number of nitrogens with one attached hydrogen (secondary N) is 2. The first kappa shape index (κ1) is 14.4. The second kappa shape index (κ2) is 5.53. The molecular weight excluding hydrogens is 256 g/mol. The largest absolute Gasteiger partial charge is 0.481 e. The number of hydrogen-bond acceptors (Lipinski definition) is 2. The summed E-state index contributed by atoms with van der Waals surface area (Å²) in [5.41, 5.74) is 1.06. The molecule has 1 aliphatic rings. The monoisotopic (exact) mass is 276 g/mol. The molecule has 1 aromatic carbocycles. The lowest BCUT2D eigenvalue weighted by Gasteiger charge is -2.26. The van der Waals surface area contributed by atoms with Crippen LogP contribution in [0.5, 0.6) is 0 Å². The predicted molar refractivity (Wildman–Crippen MR) is 76.7 cm³/mol. The van der Waals surface area contributed by atoms with E-state index >= 15 is 0 Å². The standard InChI is InChI=1S/C15H20N2O3/c1-15(2,11-6-7-11)17-14(20)16-12-5-3-4-10(8-12)9-13(18)19/h3-5,8,11H,6-7,9H2,1-2H3,(H,18,19)(H2,16,17,20). The Labute approximate surface area is 118 Å². The van der Waals surface area contributed by atoms with Crippen molar-refractivity contribution in [3.05, 3.63) is 29.8 Å². The van der Waals surface area contributed by atoms with Crippen molar-refractivity contribution in [2.24, 2.45) is 5.92 Å². The smallest absolute Gasteiger partial charge is 0.319 e. The first-order valence-electron chi connectivity index (χ1n) is 6.77. The SMILES string of the molecule is CC(C)(NC(=O)Nc1cccc(CC(=O)O)c1)C1CC1. The number of benzene rings is 1. The van der Waals surface area contributed by atoms with Gasteiger partial charge in [-0.3, -0.25) is 4.79 Å². The van der Waals surface area contributed by atoms with Crippen LogP contribution < -0.4 is 10.6 Å². The highest BCUT2D eigenvalue weighted by atomic mass is 16.4. The highest BCUT2D eigenvalue weighted by Gasteiger charge is 2.38. The Kier molecular flexibility index (Phi) is 3.97. The fourth-order valence-corrected chi connectivity index (χ4v) is 2.30. The van der Waals surface area contributed by atoms with E-state index in [0.717, 1.165) is 12.8 Å². The molecule has 20 heavy (non-hydrogen) atoms. The number of anilines is 1. The Morgan fingerprint density at radius 3 is 2.65 bits per heavy atom. The van der Waals surface area contributed by atoms with Crippen LogP contribution in [-0.2, 0) is 11.2 Å². The molecule has 0 aromatic heterocycles. The number of amides is 2. The summed E-state index contributed by atoms with van der Waals surface area (Å²) in [4.78, 5) is 22.6. The maximum atomic E-state index is 12.0. The molecule has 108 valence electrons. The van der Waals surface area contributed by atoms with Crippen molar-refractivity contribution in [1.82, 2.24) is 5.32 Å². The van der Waals surface area contributed by atoms with Crippen molar-refractivity contribution >= 4 is 17.7 Å². The van der Waals surface area contributed by atoms with Gasteiger partial charge in [-0.05, 0) is 50.3 Å². The topological polar surface area (TPSA) is 78.4 Å². The van der Waals surface area contributed by atoms with Gasteiger partial charge >= 0.3 is 12.0 Å². The number of urea groups is 1. The van der Waals surface area contributed by atoms with Crippen molar-refractivity contribution in [2.75, 3.05) is 5.32 Å². The van der Waals surface area contributed by atoms with Crippen LogP contribution >= 0.6 is 0 Å². The Morgan fingerprint density at radius 1 is 1.35 bits per heavy atom. The summed E-state index contributed by atoms with van der Waals surface area (Å²) in [7, 11) is 0. The van der Waals surface area contributed by atoms with E-state index in [1.54, 1.807) is 24.3 Å². The third-order valence-electron chi connectivity index (χ3n) is 3.57. The molecule has 0 heterocycles. The molecule has 0 atom stereocenters. The van der Waals surface area contributed by atoms with E-state index in [4.69, 9.17) is 5.11 Å². The van der Waals surface area contributed by atoms with Gasteiger partial charge < -0.3 is 15.7 Å². The molecule has 0 radical (unpaired) electrons. The molecule has 1 fully saturated rings. The summed E-state index contributed by atoms with van der Waals surface area (Å²) in [5.74, 6) is -0.340. The molecular formula is C15H20N2O3. The maximum absolute atomic E-state index is 12.0. The van der Waals surface area contributed by atoms with Gasteiger partial charge in [0.15, 0.2) is 0 Å². The van der Waals surface area contributed by atoms with Crippen molar-refractivity contribution < 1.29 is 14.7 Å². The molecule has 5 heteroatoms. The molecule has 1 aliphatic carbocycles. The van der Waals surface area contributed by atoms with Gasteiger partial charge in [-0.15, -0.1) is 0 Å². The van der Waals surface area contributed by atoms with E-state index in [9.17, 15) is 9.59 Å². The van der Waals surface area contributed by atoms with Crippen molar-refractivity contribution in [2.45, 2.75) is 38.6 Å². The van der Waals surface area contributed by atoms with E-state index in [-0.39, 0.29) is 18.0 Å². The molecule has 3 N–H and O–H groups in total. The van der Waals surface area contributed by atoms with Gasteiger partial charge in [0.05, 0.1) is 6.42 Å². The minimum absolute atomic E-state index is 0.0509. The third kappa shape index (κ3) is 3.98. The van der Waals surface area contributed by atoms with E-state index in [1.165, 1.54) is 0 Å². The molecule has 2 amide bonds. The van der Waals surface area contributed by atoms with Crippen LogP contribution in [0.1, 0.15) is 32.3 Å². The van der Waals surface area contributed by atoms with Crippen LogP contribution in [-0.4, -0.2) is 22.6 Å². The summed E-state index contributed by atoms with van der Waals surface area (Å²) in [6.07, 6.45) is 2.26. The second-order valence-corrected chi connectivity index (χ2v) is 5.85. The molecule has 1 aromatic rings. The minimum atomic E-state index is -0.888. The lowest BCUT2D eigenvalue weighted by atomic mass is 9.99. The van der Waals surface area contributed by atoms with Gasteiger partial charge in [-0.2, -0.15) is 0 Å². The van der Waals surface area contributed by atoms with Gasteiger partial charge in [-0.25, -0.2) is 4.79 Å². The van der Waals surface area contributed by atoms with Gasteiger partial charge in [0, 0.05) is 11.2 Å². The van der Waals surface area contributed by atoms with Crippen molar-refractivity contribution in [3.63, 3.8) is 0 Å². The molecule has 2 rings (SSSR count). The van der Waals surface area contributed by atoms with Gasteiger partial charge in [0.25, 0.3) is 0 Å². The summed E-state index contributed by atoms with van der Waals surface area (Å²) in [5, 5.41) is 14.5. The quantitative estimate of drug-likeness (QED) is 0.773. The fraction of sp³-hybridized carbons (Fsp3) is 0.467. The zero-order chi connectivity index (χ0) is 14.8. The highest BCUT2D eigenvalue weighted by Crippen LogP contribution is 2.39. The first-order chi connectivity index (χ1) is 9.37. The number of carbonyl (C=O) groups is 2. The fourth-order valence-electron chi connectivity index (χ4n) is 2.30. The van der Waals surface area contributed by atoms with Gasteiger partial charge in [-0.1, -0.05) is 12.1 Å². The van der Waals surface area contributed by atoms with Crippen LogP contribution in [0.4, 0.5) is 10.5 Å². The van der Waals surface area contributed by atoms with Crippen LogP contribution in [0.25, 0.3) is 0 Å². The Hall–Kier alpha value is -2.04. The van der Waals surface area contributed by atoms with Crippen molar-refractivity contribution in [1.29, 1.82) is 0 Å². The van der Waals surface area contributed by atoms with Crippen LogP contribution in [0.15, 0.2) is 24.3 Å².